The maximum atomic E-state index is 5.13. The average molecular weight is 710 g/mol. The van der Waals surface area contributed by atoms with Crippen molar-refractivity contribution in [2.75, 3.05) is 0 Å². The van der Waals surface area contributed by atoms with Gasteiger partial charge < -0.3 is 0 Å². The summed E-state index contributed by atoms with van der Waals surface area (Å²) in [6.07, 6.45) is 8.60. The molecule has 0 bridgehead atoms. The van der Waals surface area contributed by atoms with Gasteiger partial charge in [-0.05, 0) is 87.4 Å². The highest BCUT2D eigenvalue weighted by Gasteiger charge is 2.16. The third-order valence-electron chi connectivity index (χ3n) is 10.9. The molecule has 1 aliphatic carbocycles. The number of aromatic nitrogens is 3. The summed E-state index contributed by atoms with van der Waals surface area (Å²) in [5.41, 5.74) is 15.6. The molecule has 0 radical (unpaired) electrons. The number of benzene rings is 7. The molecule has 7 aromatic carbocycles. The van der Waals surface area contributed by atoms with Crippen molar-refractivity contribution in [3.05, 3.63) is 187 Å². The molecular formula is C52H43N3. The molecule has 0 atom stereocenters. The van der Waals surface area contributed by atoms with Crippen molar-refractivity contribution in [3.8, 4) is 78.7 Å². The van der Waals surface area contributed by atoms with Gasteiger partial charge in [-0.3, -0.25) is 0 Å². The minimum Gasteiger partial charge on any atom is -0.208 e. The monoisotopic (exact) mass is 709 g/mol. The molecule has 0 saturated heterocycles. The van der Waals surface area contributed by atoms with E-state index in [2.05, 4.69) is 164 Å². The molecule has 0 unspecified atom stereocenters. The smallest absolute Gasteiger partial charge is 0.164 e. The van der Waals surface area contributed by atoms with Crippen molar-refractivity contribution < 1.29 is 0 Å². The molecule has 0 fully saturated rings. The second-order valence-electron chi connectivity index (χ2n) is 14.6. The number of nitrogens with zero attached hydrogens (tertiary/aromatic N) is 3. The highest BCUT2D eigenvalue weighted by atomic mass is 15.0. The topological polar surface area (TPSA) is 38.7 Å². The molecule has 8 aromatic rings. The largest absolute Gasteiger partial charge is 0.208 e. The van der Waals surface area contributed by atoms with E-state index >= 15 is 0 Å². The molecule has 1 aliphatic rings. The Morgan fingerprint density at radius 2 is 0.655 bits per heavy atom. The van der Waals surface area contributed by atoms with Gasteiger partial charge in [0, 0.05) is 16.7 Å². The third-order valence-corrected chi connectivity index (χ3v) is 10.9. The van der Waals surface area contributed by atoms with E-state index in [1.165, 1.54) is 71.0 Å². The molecule has 1 heterocycles. The predicted molar refractivity (Wildman–Crippen MR) is 228 cm³/mol. The Morgan fingerprint density at radius 1 is 0.255 bits per heavy atom. The highest BCUT2D eigenvalue weighted by Crippen LogP contribution is 2.35. The van der Waals surface area contributed by atoms with E-state index in [1.807, 2.05) is 12.1 Å². The van der Waals surface area contributed by atoms with Crippen LogP contribution < -0.4 is 0 Å². The van der Waals surface area contributed by atoms with Crippen LogP contribution in [0, 0.1) is 0 Å². The van der Waals surface area contributed by atoms with Crippen LogP contribution in [0.1, 0.15) is 43.2 Å². The lowest BCUT2D eigenvalue weighted by molar-refractivity contribution is 0.616. The lowest BCUT2D eigenvalue weighted by Gasteiger charge is -2.16. The normalized spacial score (nSPS) is 12.9. The summed E-state index contributed by atoms with van der Waals surface area (Å²) in [6, 6.07) is 62.7. The summed E-state index contributed by atoms with van der Waals surface area (Å²) in [5, 5.41) is 0. The van der Waals surface area contributed by atoms with E-state index in [0.717, 1.165) is 46.2 Å². The van der Waals surface area contributed by atoms with Crippen molar-refractivity contribution in [2.45, 2.75) is 44.9 Å². The van der Waals surface area contributed by atoms with Crippen LogP contribution in [0.5, 0.6) is 0 Å². The van der Waals surface area contributed by atoms with E-state index < -0.39 is 0 Å². The van der Waals surface area contributed by atoms with Crippen LogP contribution in [0.4, 0.5) is 0 Å². The van der Waals surface area contributed by atoms with Gasteiger partial charge in [-0.15, -0.1) is 0 Å². The van der Waals surface area contributed by atoms with Gasteiger partial charge in [-0.25, -0.2) is 15.0 Å². The molecule has 3 heteroatoms. The van der Waals surface area contributed by atoms with Gasteiger partial charge in [0.2, 0.25) is 0 Å². The molecule has 55 heavy (non-hydrogen) atoms. The quantitative estimate of drug-likeness (QED) is 0.172. The van der Waals surface area contributed by atoms with Crippen LogP contribution in [0.15, 0.2) is 176 Å². The Labute approximate surface area is 324 Å². The first-order chi connectivity index (χ1) is 27.2. The van der Waals surface area contributed by atoms with E-state index in [0.29, 0.717) is 17.5 Å². The zero-order chi connectivity index (χ0) is 36.8. The Balaban J connectivity index is 1.11. The van der Waals surface area contributed by atoms with Crippen LogP contribution in [0.3, 0.4) is 0 Å². The minimum atomic E-state index is 0.653. The van der Waals surface area contributed by atoms with E-state index in [-0.39, 0.29) is 0 Å². The van der Waals surface area contributed by atoms with E-state index in [9.17, 15) is 0 Å². The number of hydrogen-bond acceptors (Lipinski definition) is 3. The lowest BCUT2D eigenvalue weighted by atomic mass is 9.89. The third kappa shape index (κ3) is 7.65. The summed E-state index contributed by atoms with van der Waals surface area (Å²) in [7, 11) is 0. The highest BCUT2D eigenvalue weighted by molar-refractivity contribution is 5.78. The molecule has 0 amide bonds. The van der Waals surface area contributed by atoms with Gasteiger partial charge in [0.15, 0.2) is 17.5 Å². The van der Waals surface area contributed by atoms with Gasteiger partial charge in [-0.2, -0.15) is 0 Å². The van der Waals surface area contributed by atoms with Crippen LogP contribution >= 0.6 is 0 Å². The zero-order valence-corrected chi connectivity index (χ0v) is 31.0. The Hall–Kier alpha value is -6.45. The lowest BCUT2D eigenvalue weighted by Crippen LogP contribution is -2.00. The maximum absolute atomic E-state index is 5.13. The minimum absolute atomic E-state index is 0.653. The van der Waals surface area contributed by atoms with E-state index in [4.69, 9.17) is 15.0 Å². The molecule has 0 N–H and O–H groups in total. The molecule has 3 nitrogen and oxygen atoms in total. The fourth-order valence-corrected chi connectivity index (χ4v) is 7.89. The van der Waals surface area contributed by atoms with Crippen molar-refractivity contribution in [1.29, 1.82) is 0 Å². The number of rotatable bonds is 6. The molecule has 266 valence electrons. The standard InChI is InChI=1S/C52H43N3/c1-2-6-19-41-20-12-13-24-48(41)49-34-33-45(35-46(49)21-7-3-1)44-22-14-23-47(36-44)52-54-50(42-29-25-39(26-30-42)37-15-8-4-9-16-37)53-51(55-52)43-31-27-40(28-32-43)38-17-10-5-11-18-38/h4-5,8-18,20,22-36H,1-3,6-7,19,21H2. The van der Waals surface area contributed by atoms with Crippen LogP contribution in [0.25, 0.3) is 78.7 Å². The summed E-state index contributed by atoms with van der Waals surface area (Å²) in [4.78, 5) is 15.3. The van der Waals surface area contributed by atoms with Crippen LogP contribution in [0.2, 0.25) is 0 Å². The number of aryl methyl sites for hydroxylation is 2. The number of fused-ring (bicyclic) bond motifs is 3. The van der Waals surface area contributed by atoms with Gasteiger partial charge >= 0.3 is 0 Å². The Morgan fingerprint density at radius 3 is 1.27 bits per heavy atom. The summed E-state index contributed by atoms with van der Waals surface area (Å²) < 4.78 is 0. The predicted octanol–water partition coefficient (Wildman–Crippen LogP) is 13.6. The van der Waals surface area contributed by atoms with Crippen molar-refractivity contribution in [3.63, 3.8) is 0 Å². The molecule has 0 aliphatic heterocycles. The van der Waals surface area contributed by atoms with Gasteiger partial charge in [0.25, 0.3) is 0 Å². The average Bonchev–Trinajstić information content (AvgIpc) is 3.30. The summed E-state index contributed by atoms with van der Waals surface area (Å²) in [5.74, 6) is 1.96. The van der Waals surface area contributed by atoms with Gasteiger partial charge in [0.1, 0.15) is 0 Å². The molecule has 1 aromatic heterocycles. The summed E-state index contributed by atoms with van der Waals surface area (Å²) >= 11 is 0. The second kappa shape index (κ2) is 15.9. The molecule has 0 saturated carbocycles. The second-order valence-corrected chi connectivity index (χ2v) is 14.6. The van der Waals surface area contributed by atoms with E-state index in [1.54, 1.807) is 0 Å². The fraction of sp³-hybridized carbons (Fsp3) is 0.135. The molecule has 9 rings (SSSR count). The first kappa shape index (κ1) is 34.3. The number of hydrogen-bond donors (Lipinski definition) is 0. The Kier molecular flexibility index (Phi) is 9.91. The zero-order valence-electron chi connectivity index (χ0n) is 31.0. The van der Waals surface area contributed by atoms with Crippen LogP contribution in [-0.4, -0.2) is 15.0 Å². The van der Waals surface area contributed by atoms with Crippen LogP contribution in [-0.2, 0) is 12.8 Å². The summed E-state index contributed by atoms with van der Waals surface area (Å²) in [6.45, 7) is 0. The van der Waals surface area contributed by atoms with Gasteiger partial charge in [0.05, 0.1) is 0 Å². The first-order valence-corrected chi connectivity index (χ1v) is 19.6. The van der Waals surface area contributed by atoms with Crippen molar-refractivity contribution >= 4 is 0 Å². The molecule has 0 spiro atoms. The SMILES string of the molecule is c1ccc(-c2ccc(-c3nc(-c4ccc(-c5ccccc5)cc4)nc(-c4cccc(-c5ccc6c(c5)CCCCCCCc5ccccc5-6)c4)n3)cc2)cc1. The fourth-order valence-electron chi connectivity index (χ4n) is 7.89. The van der Waals surface area contributed by atoms with Crippen molar-refractivity contribution in [2.24, 2.45) is 0 Å². The van der Waals surface area contributed by atoms with Gasteiger partial charge in [-0.1, -0.05) is 189 Å². The molecular weight excluding hydrogens is 667 g/mol. The van der Waals surface area contributed by atoms with Crippen molar-refractivity contribution in [1.82, 2.24) is 15.0 Å². The first-order valence-electron chi connectivity index (χ1n) is 19.6. The maximum Gasteiger partial charge on any atom is 0.164 e. The Bertz CT molecular complexity index is 2440.